The van der Waals surface area contributed by atoms with Gasteiger partial charge in [-0.1, -0.05) is 73.3 Å². The maximum absolute atomic E-state index is 6.67. The van der Waals surface area contributed by atoms with Crippen LogP contribution in [0.5, 0.6) is 0 Å². The molecule has 7 heteroatoms. The molecule has 4 aromatic carbocycles. The number of rotatable bonds is 1. The molecule has 48 heavy (non-hydrogen) atoms. The summed E-state index contributed by atoms with van der Waals surface area (Å²) in [4.78, 5) is 19.9. The molecule has 2 aromatic heterocycles. The van der Waals surface area contributed by atoms with Crippen LogP contribution in [0.2, 0.25) is 0 Å². The van der Waals surface area contributed by atoms with Crippen molar-refractivity contribution in [3.05, 3.63) is 127 Å². The summed E-state index contributed by atoms with van der Waals surface area (Å²) in [5.74, 6) is 2.25. The van der Waals surface area contributed by atoms with Gasteiger partial charge < -0.3 is 24.0 Å². The average Bonchev–Trinajstić information content (AvgIpc) is 3.77. The molecule has 6 heterocycles. The van der Waals surface area contributed by atoms with Gasteiger partial charge in [0.1, 0.15) is 23.6 Å². The van der Waals surface area contributed by atoms with Crippen molar-refractivity contribution in [3.63, 3.8) is 0 Å². The Kier molecular flexibility index (Phi) is 5.72. The lowest BCUT2D eigenvalue weighted by Crippen LogP contribution is -2.52. The molecule has 0 amide bonds. The van der Waals surface area contributed by atoms with Crippen LogP contribution in [0.3, 0.4) is 0 Å². The average molecular weight is 629 g/mol. The monoisotopic (exact) mass is 628 g/mol. The maximum Gasteiger partial charge on any atom is 0.161 e. The minimum absolute atomic E-state index is 0.0670. The van der Waals surface area contributed by atoms with Crippen LogP contribution >= 0.6 is 0 Å². The third-order valence-electron chi connectivity index (χ3n) is 11.2. The summed E-state index contributed by atoms with van der Waals surface area (Å²) in [6, 6.07) is 30.2. The Hall–Kier alpha value is -5.56. The van der Waals surface area contributed by atoms with E-state index in [-0.39, 0.29) is 24.2 Å². The predicted octanol–water partition coefficient (Wildman–Crippen LogP) is 9.04. The van der Waals surface area contributed by atoms with Gasteiger partial charge in [-0.15, -0.1) is 0 Å². The van der Waals surface area contributed by atoms with Crippen LogP contribution in [0.4, 0.5) is 22.9 Å². The number of aromatic nitrogens is 2. The SMILES string of the molecule is C=C1CC2c3ccccc3N3c4cnc(-c5ccccc5C)nc4N(C)C3C2CC2N(C)C=CN2c2c1ccc1c2oc2ccccc21. The molecule has 6 aromatic rings. The number of furan rings is 1. The van der Waals surface area contributed by atoms with Crippen molar-refractivity contribution in [2.75, 3.05) is 28.8 Å². The normalized spacial score (nSPS) is 22.5. The van der Waals surface area contributed by atoms with Crippen molar-refractivity contribution in [2.45, 2.75) is 38.0 Å². The van der Waals surface area contributed by atoms with E-state index in [0.717, 1.165) is 74.5 Å². The Morgan fingerprint density at radius 1 is 0.833 bits per heavy atom. The Balaban J connectivity index is 1.15. The number of hydrogen-bond donors (Lipinski definition) is 0. The lowest BCUT2D eigenvalue weighted by atomic mass is 9.73. The molecule has 4 unspecified atom stereocenters. The molecule has 0 saturated carbocycles. The van der Waals surface area contributed by atoms with E-state index in [1.165, 1.54) is 16.8 Å². The van der Waals surface area contributed by atoms with E-state index >= 15 is 0 Å². The summed E-state index contributed by atoms with van der Waals surface area (Å²) in [7, 11) is 4.41. The standard InChI is InChI=1S/C41H36N6O/c1-24-11-5-6-12-27(24)39-42-23-34-40(43-39)45(4)41-32-22-36-44(3)19-20-46(36)37-26(17-18-30-29-14-8-10-16-35(29)48-38(30)37)25(2)21-31(32)28-13-7-9-15-33(28)47(34)41/h5-20,23,31-32,36,41H,2,21-22H2,1,3-4H3. The van der Waals surface area contributed by atoms with E-state index in [0.29, 0.717) is 0 Å². The van der Waals surface area contributed by atoms with E-state index in [1.54, 1.807) is 0 Å². The van der Waals surface area contributed by atoms with Crippen LogP contribution in [0.1, 0.15) is 35.4 Å². The lowest BCUT2D eigenvalue weighted by Gasteiger charge is -2.47. The Labute approximate surface area is 280 Å². The molecular weight excluding hydrogens is 592 g/mol. The zero-order valence-electron chi connectivity index (χ0n) is 27.3. The fourth-order valence-electron chi connectivity index (χ4n) is 8.96. The molecule has 10 rings (SSSR count). The van der Waals surface area contributed by atoms with Gasteiger partial charge in [-0.05, 0) is 60.6 Å². The summed E-state index contributed by atoms with van der Waals surface area (Å²) in [6.07, 6.45) is 8.42. The highest BCUT2D eigenvalue weighted by molar-refractivity contribution is 6.11. The number of fused-ring (bicyclic) bond motifs is 15. The minimum Gasteiger partial charge on any atom is -0.454 e. The molecule has 0 fully saturated rings. The van der Waals surface area contributed by atoms with Crippen molar-refractivity contribution < 1.29 is 4.42 Å². The molecular formula is C41H36N6O. The Morgan fingerprint density at radius 3 is 2.54 bits per heavy atom. The molecule has 236 valence electrons. The first-order chi connectivity index (χ1) is 23.5. The van der Waals surface area contributed by atoms with Gasteiger partial charge in [-0.3, -0.25) is 0 Å². The fraction of sp³-hybridized carbons (Fsp3) is 0.220. The molecule has 7 nitrogen and oxygen atoms in total. The van der Waals surface area contributed by atoms with Crippen molar-refractivity contribution in [2.24, 2.45) is 5.92 Å². The Morgan fingerprint density at radius 2 is 1.65 bits per heavy atom. The summed E-state index contributed by atoms with van der Waals surface area (Å²) >= 11 is 0. The van der Waals surface area contributed by atoms with E-state index in [9.17, 15) is 0 Å². The first-order valence-corrected chi connectivity index (χ1v) is 16.8. The van der Waals surface area contributed by atoms with Crippen molar-refractivity contribution in [1.29, 1.82) is 0 Å². The van der Waals surface area contributed by atoms with Crippen LogP contribution in [-0.2, 0) is 0 Å². The topological polar surface area (TPSA) is 51.9 Å². The number of para-hydroxylation sites is 2. The first-order valence-electron chi connectivity index (χ1n) is 16.8. The minimum atomic E-state index is 0.0670. The van der Waals surface area contributed by atoms with E-state index in [1.807, 2.05) is 12.3 Å². The highest BCUT2D eigenvalue weighted by Crippen LogP contribution is 2.57. The number of allylic oxidation sites excluding steroid dienone is 1. The zero-order chi connectivity index (χ0) is 32.3. The second-order valence-electron chi connectivity index (χ2n) is 13.8. The smallest absolute Gasteiger partial charge is 0.161 e. The van der Waals surface area contributed by atoms with Crippen LogP contribution in [0.25, 0.3) is 38.9 Å². The van der Waals surface area contributed by atoms with Crippen molar-refractivity contribution >= 4 is 50.4 Å². The molecule has 0 bridgehead atoms. The summed E-state index contributed by atoms with van der Waals surface area (Å²) < 4.78 is 6.67. The number of hydrogen-bond acceptors (Lipinski definition) is 7. The second kappa shape index (κ2) is 9.97. The van der Waals surface area contributed by atoms with Gasteiger partial charge in [0.25, 0.3) is 0 Å². The van der Waals surface area contributed by atoms with Gasteiger partial charge in [-0.2, -0.15) is 0 Å². The largest absolute Gasteiger partial charge is 0.454 e. The third-order valence-corrected chi connectivity index (χ3v) is 11.2. The summed E-state index contributed by atoms with van der Waals surface area (Å²) in [6.45, 7) is 6.92. The predicted molar refractivity (Wildman–Crippen MR) is 194 cm³/mol. The maximum atomic E-state index is 6.67. The molecule has 4 aliphatic rings. The molecule has 0 saturated heterocycles. The molecule has 4 aliphatic heterocycles. The van der Waals surface area contributed by atoms with E-state index < -0.39 is 0 Å². The summed E-state index contributed by atoms with van der Waals surface area (Å²) in [5, 5.41) is 2.28. The zero-order valence-corrected chi connectivity index (χ0v) is 27.3. The molecule has 0 radical (unpaired) electrons. The van der Waals surface area contributed by atoms with Gasteiger partial charge in [0, 0.05) is 60.0 Å². The van der Waals surface area contributed by atoms with Crippen molar-refractivity contribution in [3.8, 4) is 11.4 Å². The lowest BCUT2D eigenvalue weighted by molar-refractivity contribution is 0.236. The summed E-state index contributed by atoms with van der Waals surface area (Å²) in [5.41, 5.74) is 11.1. The third kappa shape index (κ3) is 3.70. The van der Waals surface area contributed by atoms with Crippen LogP contribution in [0.15, 0.2) is 115 Å². The highest BCUT2D eigenvalue weighted by atomic mass is 16.3. The molecule has 0 aliphatic carbocycles. The first kappa shape index (κ1) is 27.5. The number of anilines is 4. The second-order valence-corrected chi connectivity index (χ2v) is 13.8. The van der Waals surface area contributed by atoms with Gasteiger partial charge in [0.2, 0.25) is 0 Å². The van der Waals surface area contributed by atoms with Crippen LogP contribution in [-0.4, -0.2) is 41.3 Å². The van der Waals surface area contributed by atoms with Gasteiger partial charge in [0.05, 0.1) is 11.9 Å². The molecule has 4 atom stereocenters. The number of nitrogens with zero attached hydrogens (tertiary/aromatic N) is 6. The molecule has 0 N–H and O–H groups in total. The number of benzene rings is 4. The van der Waals surface area contributed by atoms with E-state index in [2.05, 4.69) is 132 Å². The van der Waals surface area contributed by atoms with Crippen LogP contribution < -0.4 is 14.7 Å². The molecule has 0 spiro atoms. The Bertz CT molecular complexity index is 2340. The van der Waals surface area contributed by atoms with E-state index in [4.69, 9.17) is 21.0 Å². The van der Waals surface area contributed by atoms with Gasteiger partial charge in [-0.25, -0.2) is 9.97 Å². The quantitative estimate of drug-likeness (QED) is 0.180. The van der Waals surface area contributed by atoms with Crippen LogP contribution in [0, 0.1) is 12.8 Å². The highest BCUT2D eigenvalue weighted by Gasteiger charge is 2.51. The fourth-order valence-corrected chi connectivity index (χ4v) is 8.96. The van der Waals surface area contributed by atoms with Gasteiger partial charge in [0.15, 0.2) is 17.2 Å². The number of aryl methyl sites for hydroxylation is 1. The van der Waals surface area contributed by atoms with Gasteiger partial charge >= 0.3 is 0 Å². The van der Waals surface area contributed by atoms with Crippen molar-refractivity contribution in [1.82, 2.24) is 14.9 Å².